The smallest absolute Gasteiger partial charge is 0.383 e. The molecule has 0 aliphatic heterocycles. The molecule has 0 fully saturated rings. The summed E-state index contributed by atoms with van der Waals surface area (Å²) in [6.07, 6.45) is -2.88. The van der Waals surface area contributed by atoms with Crippen molar-refractivity contribution in [2.45, 2.75) is 44.9 Å². The van der Waals surface area contributed by atoms with Crippen molar-refractivity contribution in [2.24, 2.45) is 0 Å². The molecule has 0 spiro atoms. The molecule has 2 aromatic carbocycles. The Hall–Kier alpha value is -4.56. The first-order valence-electron chi connectivity index (χ1n) is 12.9. The van der Waals surface area contributed by atoms with Gasteiger partial charge in [-0.25, -0.2) is 9.97 Å². The monoisotopic (exact) mass is 563 g/mol. The highest BCUT2D eigenvalue weighted by Gasteiger charge is 2.33. The molecule has 0 radical (unpaired) electrons. The van der Waals surface area contributed by atoms with Crippen LogP contribution in [0.3, 0.4) is 0 Å². The number of hydrogen-bond donors (Lipinski definition) is 0. The summed E-state index contributed by atoms with van der Waals surface area (Å²) in [5, 5.41) is 9.50. The molecule has 212 valence electrons. The fourth-order valence-corrected chi connectivity index (χ4v) is 4.82. The first kappa shape index (κ1) is 29.4. The van der Waals surface area contributed by atoms with Crippen molar-refractivity contribution in [3.8, 4) is 11.8 Å². The predicted molar refractivity (Wildman–Crippen MR) is 146 cm³/mol. The summed E-state index contributed by atoms with van der Waals surface area (Å²) >= 11 is 0. The molecule has 4 rings (SSSR count). The zero-order valence-electron chi connectivity index (χ0n) is 22.7. The number of methoxy groups -OCH3 is 1. The van der Waals surface area contributed by atoms with Crippen molar-refractivity contribution in [2.75, 3.05) is 13.7 Å². The lowest BCUT2D eigenvalue weighted by atomic mass is 10.0. The van der Waals surface area contributed by atoms with Crippen LogP contribution in [-0.2, 0) is 22.1 Å². The number of amides is 1. The third kappa shape index (κ3) is 6.28. The number of ether oxygens (including phenoxy) is 1. The maximum absolute atomic E-state index is 13.9. The third-order valence-electron chi connectivity index (χ3n) is 6.84. The highest BCUT2D eigenvalue weighted by molar-refractivity contribution is 5.80. The van der Waals surface area contributed by atoms with Gasteiger partial charge in [0, 0.05) is 13.3 Å². The van der Waals surface area contributed by atoms with Crippen LogP contribution in [0.5, 0.6) is 0 Å². The average Bonchev–Trinajstić information content (AvgIpc) is 2.96. The van der Waals surface area contributed by atoms with Gasteiger partial charge >= 0.3 is 6.18 Å². The van der Waals surface area contributed by atoms with E-state index in [0.29, 0.717) is 17.7 Å². The van der Waals surface area contributed by atoms with Gasteiger partial charge in [-0.1, -0.05) is 25.1 Å². The Bertz CT molecular complexity index is 1640. The molecule has 1 amide bonds. The van der Waals surface area contributed by atoms with E-state index in [1.165, 1.54) is 34.9 Å². The molecule has 8 nitrogen and oxygen atoms in total. The number of carbonyl (C=O) groups excluding carboxylic acids is 1. The molecule has 2 atom stereocenters. The van der Waals surface area contributed by atoms with Crippen LogP contribution in [0, 0.1) is 11.3 Å². The topological polar surface area (TPSA) is 101 Å². The Balaban J connectivity index is 1.86. The minimum atomic E-state index is -4.55. The van der Waals surface area contributed by atoms with E-state index in [1.807, 2.05) is 13.0 Å². The second-order valence-corrected chi connectivity index (χ2v) is 9.51. The van der Waals surface area contributed by atoms with Crippen LogP contribution >= 0.6 is 0 Å². The minimum absolute atomic E-state index is 0.155. The maximum atomic E-state index is 13.9. The zero-order chi connectivity index (χ0) is 29.7. The van der Waals surface area contributed by atoms with E-state index in [1.54, 1.807) is 43.3 Å². The number of aromatic nitrogens is 3. The van der Waals surface area contributed by atoms with Gasteiger partial charge in [0.05, 0.1) is 53.4 Å². The lowest BCUT2D eigenvalue weighted by molar-refractivity contribution is -0.139. The van der Waals surface area contributed by atoms with Gasteiger partial charge in [0.2, 0.25) is 5.91 Å². The summed E-state index contributed by atoms with van der Waals surface area (Å²) < 4.78 is 46.8. The van der Waals surface area contributed by atoms with Crippen LogP contribution in [0.25, 0.3) is 16.7 Å². The van der Waals surface area contributed by atoms with Gasteiger partial charge in [0.15, 0.2) is 5.65 Å². The van der Waals surface area contributed by atoms with Crippen molar-refractivity contribution in [1.29, 1.82) is 5.26 Å². The Morgan fingerprint density at radius 3 is 2.51 bits per heavy atom. The van der Waals surface area contributed by atoms with Crippen LogP contribution in [0.1, 0.15) is 48.8 Å². The number of halogens is 3. The predicted octanol–water partition coefficient (Wildman–Crippen LogP) is 5.23. The highest BCUT2D eigenvalue weighted by atomic mass is 19.4. The quantitative estimate of drug-likeness (QED) is 0.277. The van der Waals surface area contributed by atoms with Crippen LogP contribution < -0.4 is 5.56 Å². The molecular formula is C30H28F3N5O3. The Morgan fingerprint density at radius 2 is 1.88 bits per heavy atom. The van der Waals surface area contributed by atoms with Crippen LogP contribution in [0.4, 0.5) is 13.2 Å². The highest BCUT2D eigenvalue weighted by Crippen LogP contribution is 2.31. The molecule has 41 heavy (non-hydrogen) atoms. The van der Waals surface area contributed by atoms with Crippen LogP contribution in [0.15, 0.2) is 71.7 Å². The van der Waals surface area contributed by atoms with E-state index < -0.39 is 35.3 Å². The Morgan fingerprint density at radius 1 is 1.15 bits per heavy atom. The molecule has 2 heterocycles. The normalized spacial score (nSPS) is 13.0. The lowest BCUT2D eigenvalue weighted by Gasteiger charge is -2.36. The first-order chi connectivity index (χ1) is 19.6. The Kier molecular flexibility index (Phi) is 8.83. The Labute approximate surface area is 234 Å². The van der Waals surface area contributed by atoms with Crippen LogP contribution in [0.2, 0.25) is 0 Å². The van der Waals surface area contributed by atoms with Crippen molar-refractivity contribution in [3.05, 3.63) is 99.7 Å². The van der Waals surface area contributed by atoms with Gasteiger partial charge < -0.3 is 9.64 Å². The van der Waals surface area contributed by atoms with E-state index in [0.717, 1.165) is 12.1 Å². The third-order valence-corrected chi connectivity index (χ3v) is 6.84. The number of nitrogens with zero attached hydrogens (tertiary/aromatic N) is 5. The largest absolute Gasteiger partial charge is 0.416 e. The average molecular weight is 564 g/mol. The van der Waals surface area contributed by atoms with Gasteiger partial charge in [0.25, 0.3) is 5.56 Å². The number of hydrogen-bond acceptors (Lipinski definition) is 6. The van der Waals surface area contributed by atoms with E-state index >= 15 is 0 Å². The summed E-state index contributed by atoms with van der Waals surface area (Å²) in [6, 6.07) is 15.0. The first-order valence-corrected chi connectivity index (χ1v) is 12.9. The summed E-state index contributed by atoms with van der Waals surface area (Å²) in [4.78, 5) is 38.1. The molecule has 0 saturated heterocycles. The molecule has 4 aromatic rings. The van der Waals surface area contributed by atoms with Crippen molar-refractivity contribution in [3.63, 3.8) is 0 Å². The van der Waals surface area contributed by atoms with Crippen molar-refractivity contribution >= 4 is 16.9 Å². The number of carbonyl (C=O) groups is 1. The van der Waals surface area contributed by atoms with Gasteiger partial charge in [-0.3, -0.25) is 14.2 Å². The van der Waals surface area contributed by atoms with E-state index in [9.17, 15) is 28.0 Å². The molecule has 0 aliphatic carbocycles. The molecule has 0 aliphatic rings. The number of rotatable bonds is 9. The number of benzene rings is 2. The number of fused-ring (bicyclic) bond motifs is 1. The van der Waals surface area contributed by atoms with Crippen LogP contribution in [-0.4, -0.2) is 45.1 Å². The number of pyridine rings is 1. The fraction of sp³-hybridized carbons (Fsp3) is 0.300. The molecular weight excluding hydrogens is 535 g/mol. The molecule has 0 N–H and O–H groups in total. The molecule has 0 saturated carbocycles. The van der Waals surface area contributed by atoms with Gasteiger partial charge in [-0.05, 0) is 61.4 Å². The van der Waals surface area contributed by atoms with Gasteiger partial charge in [-0.15, -0.1) is 0 Å². The molecule has 11 heteroatoms. The van der Waals surface area contributed by atoms with Gasteiger partial charge in [-0.2, -0.15) is 18.4 Å². The standard InChI is InChI=1S/C30H28F3N5O3/c1-4-23(18-41-3)37(26(39)16-21-7-5-8-22(15-21)30(31,32)33)19(2)28-36-27-25(9-6-14-35-27)29(40)38(28)24-12-10-20(17-34)11-13-24/h5-15,19,23H,4,16,18H2,1-3H3. The second-order valence-electron chi connectivity index (χ2n) is 9.51. The summed E-state index contributed by atoms with van der Waals surface area (Å²) in [5.41, 5.74) is -0.0424. The SMILES string of the molecule is CCC(COC)N(C(=O)Cc1cccc(C(F)(F)F)c1)C(C)c1nc2ncccc2c(=O)n1-c1ccc(C#N)cc1. The molecule has 2 aromatic heterocycles. The lowest BCUT2D eigenvalue weighted by Crippen LogP contribution is -2.46. The number of nitriles is 1. The summed E-state index contributed by atoms with van der Waals surface area (Å²) in [7, 11) is 1.49. The van der Waals surface area contributed by atoms with E-state index in [2.05, 4.69) is 4.98 Å². The zero-order valence-corrected chi connectivity index (χ0v) is 22.7. The minimum Gasteiger partial charge on any atom is -0.383 e. The van der Waals surface area contributed by atoms with E-state index in [4.69, 9.17) is 9.72 Å². The summed E-state index contributed by atoms with van der Waals surface area (Å²) in [5.74, 6) is -0.250. The summed E-state index contributed by atoms with van der Waals surface area (Å²) in [6.45, 7) is 3.73. The maximum Gasteiger partial charge on any atom is 0.416 e. The molecule has 2 unspecified atom stereocenters. The second kappa shape index (κ2) is 12.3. The van der Waals surface area contributed by atoms with Crippen molar-refractivity contribution < 1.29 is 22.7 Å². The van der Waals surface area contributed by atoms with E-state index in [-0.39, 0.29) is 35.4 Å². The number of alkyl halides is 3. The fourth-order valence-electron chi connectivity index (χ4n) is 4.82. The van der Waals surface area contributed by atoms with Crippen molar-refractivity contribution in [1.82, 2.24) is 19.4 Å². The van der Waals surface area contributed by atoms with Gasteiger partial charge in [0.1, 0.15) is 5.82 Å². The molecule has 0 bridgehead atoms.